The SMILES string of the molecule is O=C1CCC(N2C(=O)c3ccc(CN[C@@H]4CCO[C@H]4C4CCNCC4)cc3C2=O)C(=O)N1. The molecular formula is C23H28N4O5. The van der Waals surface area contributed by atoms with Crippen molar-refractivity contribution >= 4 is 23.6 Å². The fourth-order valence-corrected chi connectivity index (χ4v) is 5.34. The Morgan fingerprint density at radius 2 is 1.78 bits per heavy atom. The molecule has 4 amide bonds. The average Bonchev–Trinajstić information content (AvgIpc) is 3.36. The number of piperidine rings is 2. The van der Waals surface area contributed by atoms with Gasteiger partial charge < -0.3 is 15.4 Å². The van der Waals surface area contributed by atoms with E-state index in [4.69, 9.17) is 4.74 Å². The van der Waals surface area contributed by atoms with Crippen molar-refractivity contribution in [2.24, 2.45) is 5.92 Å². The summed E-state index contributed by atoms with van der Waals surface area (Å²) in [5.74, 6) is -1.37. The quantitative estimate of drug-likeness (QED) is 0.565. The van der Waals surface area contributed by atoms with Gasteiger partial charge >= 0.3 is 0 Å². The number of ether oxygens (including phenoxy) is 1. The van der Waals surface area contributed by atoms with Gasteiger partial charge in [-0.15, -0.1) is 0 Å². The number of imide groups is 2. The van der Waals surface area contributed by atoms with Crippen molar-refractivity contribution in [1.82, 2.24) is 20.9 Å². The second kappa shape index (κ2) is 8.73. The molecule has 1 aromatic rings. The largest absolute Gasteiger partial charge is 0.376 e. The summed E-state index contributed by atoms with van der Waals surface area (Å²) in [6.45, 7) is 3.39. The van der Waals surface area contributed by atoms with Crippen molar-refractivity contribution in [3.8, 4) is 0 Å². The number of amides is 4. The molecule has 170 valence electrons. The zero-order valence-electron chi connectivity index (χ0n) is 17.9. The zero-order chi connectivity index (χ0) is 22.2. The molecule has 32 heavy (non-hydrogen) atoms. The monoisotopic (exact) mass is 440 g/mol. The Morgan fingerprint density at radius 1 is 1.00 bits per heavy atom. The molecule has 9 nitrogen and oxygen atoms in total. The maximum Gasteiger partial charge on any atom is 0.262 e. The number of hydrogen-bond donors (Lipinski definition) is 3. The van der Waals surface area contributed by atoms with E-state index >= 15 is 0 Å². The first-order valence-electron chi connectivity index (χ1n) is 11.4. The molecular weight excluding hydrogens is 412 g/mol. The van der Waals surface area contributed by atoms with E-state index in [1.54, 1.807) is 12.1 Å². The molecule has 0 radical (unpaired) electrons. The molecule has 3 saturated heterocycles. The predicted molar refractivity (Wildman–Crippen MR) is 114 cm³/mol. The lowest BCUT2D eigenvalue weighted by Gasteiger charge is -2.31. The van der Waals surface area contributed by atoms with Crippen molar-refractivity contribution in [3.05, 3.63) is 34.9 Å². The van der Waals surface area contributed by atoms with Crippen LogP contribution in [-0.2, 0) is 20.9 Å². The predicted octanol–water partition coefficient (Wildman–Crippen LogP) is 0.335. The lowest BCUT2D eigenvalue weighted by molar-refractivity contribution is -0.136. The zero-order valence-corrected chi connectivity index (χ0v) is 17.9. The first-order chi connectivity index (χ1) is 15.5. The summed E-state index contributed by atoms with van der Waals surface area (Å²) in [6, 6.07) is 4.57. The summed E-state index contributed by atoms with van der Waals surface area (Å²) >= 11 is 0. The summed E-state index contributed by atoms with van der Waals surface area (Å²) in [5.41, 5.74) is 1.53. The Labute approximate surface area is 186 Å². The molecule has 0 aliphatic carbocycles. The van der Waals surface area contributed by atoms with E-state index in [9.17, 15) is 19.2 Å². The van der Waals surface area contributed by atoms with Gasteiger partial charge in [0.05, 0.1) is 17.2 Å². The van der Waals surface area contributed by atoms with Crippen LogP contribution in [0.2, 0.25) is 0 Å². The second-order valence-electron chi connectivity index (χ2n) is 9.03. The fraction of sp³-hybridized carbons (Fsp3) is 0.565. The molecule has 1 aromatic carbocycles. The van der Waals surface area contributed by atoms with Gasteiger partial charge in [0.25, 0.3) is 11.8 Å². The number of carbonyl (C=O) groups is 4. The van der Waals surface area contributed by atoms with Gasteiger partial charge in [0.15, 0.2) is 0 Å². The van der Waals surface area contributed by atoms with Gasteiger partial charge in [0, 0.05) is 25.6 Å². The summed E-state index contributed by atoms with van der Waals surface area (Å²) in [7, 11) is 0. The second-order valence-corrected chi connectivity index (χ2v) is 9.03. The van der Waals surface area contributed by atoms with Crippen LogP contribution in [0.15, 0.2) is 18.2 Å². The fourth-order valence-electron chi connectivity index (χ4n) is 5.34. The molecule has 4 aliphatic rings. The molecule has 9 heteroatoms. The highest BCUT2D eigenvalue weighted by molar-refractivity contribution is 6.23. The van der Waals surface area contributed by atoms with Gasteiger partial charge in [-0.1, -0.05) is 6.07 Å². The summed E-state index contributed by atoms with van der Waals surface area (Å²) in [4.78, 5) is 50.5. The van der Waals surface area contributed by atoms with Crippen LogP contribution >= 0.6 is 0 Å². The van der Waals surface area contributed by atoms with Crippen molar-refractivity contribution in [3.63, 3.8) is 0 Å². The normalized spacial score (nSPS) is 28.9. The number of benzene rings is 1. The van der Waals surface area contributed by atoms with Crippen LogP contribution in [0.3, 0.4) is 0 Å². The van der Waals surface area contributed by atoms with Crippen molar-refractivity contribution in [2.45, 2.75) is 56.8 Å². The maximum absolute atomic E-state index is 13.0. The number of fused-ring (bicyclic) bond motifs is 1. The molecule has 3 fully saturated rings. The highest BCUT2D eigenvalue weighted by Gasteiger charge is 2.44. The summed E-state index contributed by atoms with van der Waals surface area (Å²) in [6.07, 6.45) is 3.67. The van der Waals surface area contributed by atoms with E-state index in [1.165, 1.54) is 0 Å². The Morgan fingerprint density at radius 3 is 2.56 bits per heavy atom. The van der Waals surface area contributed by atoms with Gasteiger partial charge in [0.2, 0.25) is 11.8 Å². The Kier molecular flexibility index (Phi) is 5.79. The Hall–Kier alpha value is -2.62. The van der Waals surface area contributed by atoms with Crippen LogP contribution in [0.5, 0.6) is 0 Å². The van der Waals surface area contributed by atoms with Gasteiger partial charge in [-0.2, -0.15) is 0 Å². The molecule has 3 N–H and O–H groups in total. The van der Waals surface area contributed by atoms with E-state index in [2.05, 4.69) is 16.0 Å². The molecule has 4 aliphatic heterocycles. The smallest absolute Gasteiger partial charge is 0.262 e. The number of nitrogens with one attached hydrogen (secondary N) is 3. The number of rotatable bonds is 5. The summed E-state index contributed by atoms with van der Waals surface area (Å²) in [5, 5.41) is 9.20. The standard InChI is InChI=1S/C23H28N4O5/c28-19-4-3-18(21(29)26-19)27-22(30)15-2-1-13(11-16(15)23(27)31)12-25-17-7-10-32-20(17)14-5-8-24-9-6-14/h1-2,11,14,17-18,20,24-25H,3-10,12H2,(H,26,28,29)/t17-,18?,20+/m1/s1. The highest BCUT2D eigenvalue weighted by atomic mass is 16.5. The van der Waals surface area contributed by atoms with Gasteiger partial charge in [0.1, 0.15) is 6.04 Å². The van der Waals surface area contributed by atoms with E-state index < -0.39 is 23.8 Å². The van der Waals surface area contributed by atoms with Crippen LogP contribution < -0.4 is 16.0 Å². The van der Waals surface area contributed by atoms with Crippen LogP contribution in [0, 0.1) is 5.92 Å². The van der Waals surface area contributed by atoms with Gasteiger partial charge in [-0.05, 0) is 62.4 Å². The van der Waals surface area contributed by atoms with E-state index in [0.29, 0.717) is 23.6 Å². The minimum absolute atomic E-state index is 0.112. The molecule has 0 aromatic heterocycles. The number of carbonyl (C=O) groups excluding carboxylic acids is 4. The Balaban J connectivity index is 1.27. The van der Waals surface area contributed by atoms with E-state index in [-0.39, 0.29) is 30.9 Å². The van der Waals surface area contributed by atoms with Gasteiger partial charge in [-0.3, -0.25) is 29.4 Å². The molecule has 4 heterocycles. The number of nitrogens with zero attached hydrogens (tertiary/aromatic N) is 1. The Bertz CT molecular complexity index is 958. The first kappa shape index (κ1) is 21.2. The molecule has 5 rings (SSSR count). The van der Waals surface area contributed by atoms with Crippen LogP contribution in [0.4, 0.5) is 0 Å². The molecule has 0 saturated carbocycles. The average molecular weight is 441 g/mol. The minimum Gasteiger partial charge on any atom is -0.376 e. The van der Waals surface area contributed by atoms with Gasteiger partial charge in [-0.25, -0.2) is 0 Å². The van der Waals surface area contributed by atoms with Crippen LogP contribution in [0.25, 0.3) is 0 Å². The van der Waals surface area contributed by atoms with Crippen LogP contribution in [-0.4, -0.2) is 66.4 Å². The highest BCUT2D eigenvalue weighted by Crippen LogP contribution is 2.30. The van der Waals surface area contributed by atoms with E-state index in [1.807, 2.05) is 6.07 Å². The third-order valence-electron chi connectivity index (χ3n) is 7.06. The van der Waals surface area contributed by atoms with Crippen molar-refractivity contribution in [2.75, 3.05) is 19.7 Å². The maximum atomic E-state index is 13.0. The lowest BCUT2D eigenvalue weighted by Crippen LogP contribution is -2.54. The third kappa shape index (κ3) is 3.85. The first-order valence-corrected chi connectivity index (χ1v) is 11.4. The third-order valence-corrected chi connectivity index (χ3v) is 7.06. The van der Waals surface area contributed by atoms with E-state index in [0.717, 1.165) is 49.4 Å². The van der Waals surface area contributed by atoms with Crippen molar-refractivity contribution < 1.29 is 23.9 Å². The van der Waals surface area contributed by atoms with Crippen molar-refractivity contribution in [1.29, 1.82) is 0 Å². The summed E-state index contributed by atoms with van der Waals surface area (Å²) < 4.78 is 6.04. The lowest BCUT2D eigenvalue weighted by atomic mass is 9.88. The number of hydrogen-bond acceptors (Lipinski definition) is 7. The molecule has 0 spiro atoms. The minimum atomic E-state index is -0.942. The topological polar surface area (TPSA) is 117 Å². The van der Waals surface area contributed by atoms with Crippen LogP contribution in [0.1, 0.15) is 58.4 Å². The molecule has 1 unspecified atom stereocenters. The molecule has 0 bridgehead atoms. The molecule has 3 atom stereocenters.